The number of amides is 1. The molecule has 3 aromatic rings. The van der Waals surface area contributed by atoms with E-state index in [4.69, 9.17) is 0 Å². The van der Waals surface area contributed by atoms with Crippen molar-refractivity contribution in [3.63, 3.8) is 0 Å². The number of carbonyl (C=O) groups is 1. The van der Waals surface area contributed by atoms with Crippen LogP contribution < -0.4 is 10.2 Å². The van der Waals surface area contributed by atoms with Crippen LogP contribution in [0.5, 0.6) is 0 Å². The number of nitrogens with zero attached hydrogens (tertiary/aromatic N) is 3. The summed E-state index contributed by atoms with van der Waals surface area (Å²) in [6.45, 7) is 4.11. The number of para-hydroxylation sites is 1. The van der Waals surface area contributed by atoms with Crippen molar-refractivity contribution < 1.29 is 9.69 Å². The van der Waals surface area contributed by atoms with E-state index >= 15 is 0 Å². The van der Waals surface area contributed by atoms with Crippen molar-refractivity contribution in [2.75, 3.05) is 25.2 Å². The largest absolute Gasteiger partial charge is 0.331 e. The fraction of sp³-hybridized carbons (Fsp3) is 0.286. The van der Waals surface area contributed by atoms with Gasteiger partial charge < -0.3 is 10.2 Å². The highest BCUT2D eigenvalue weighted by Gasteiger charge is 2.23. The maximum Gasteiger partial charge on any atom is 0.234 e. The lowest BCUT2D eigenvalue weighted by atomic mass is 10.2. The SMILES string of the molecule is Cc1cc(NC(=O)CSc2nnc([C@@H](C)[NH+](C)C)n2-c2ccccc2)ccc1Br. The topological polar surface area (TPSA) is 64.2 Å². The number of benzene rings is 2. The zero-order valence-corrected chi connectivity index (χ0v) is 19.3. The fourth-order valence-corrected chi connectivity index (χ4v) is 3.79. The minimum Gasteiger partial charge on any atom is -0.331 e. The second-order valence-electron chi connectivity index (χ2n) is 7.11. The van der Waals surface area contributed by atoms with Gasteiger partial charge in [0.25, 0.3) is 0 Å². The molecule has 29 heavy (non-hydrogen) atoms. The molecule has 152 valence electrons. The van der Waals surface area contributed by atoms with Crippen LogP contribution in [0.1, 0.15) is 24.4 Å². The molecule has 0 aliphatic heterocycles. The quantitative estimate of drug-likeness (QED) is 0.515. The molecule has 0 aliphatic carbocycles. The number of carbonyl (C=O) groups excluding carboxylic acids is 1. The number of quaternary nitrogens is 1. The lowest BCUT2D eigenvalue weighted by molar-refractivity contribution is -0.890. The summed E-state index contributed by atoms with van der Waals surface area (Å²) in [6, 6.07) is 15.9. The van der Waals surface area contributed by atoms with Gasteiger partial charge in [0, 0.05) is 15.8 Å². The van der Waals surface area contributed by atoms with Gasteiger partial charge in [-0.2, -0.15) is 0 Å². The molecule has 3 rings (SSSR count). The minimum atomic E-state index is -0.0767. The first-order valence-electron chi connectivity index (χ1n) is 9.36. The molecule has 1 aromatic heterocycles. The molecule has 2 aromatic carbocycles. The molecule has 0 bridgehead atoms. The van der Waals surface area contributed by atoms with Crippen molar-refractivity contribution in [3.05, 3.63) is 64.4 Å². The van der Waals surface area contributed by atoms with Gasteiger partial charge in [0.2, 0.25) is 5.91 Å². The fourth-order valence-electron chi connectivity index (χ4n) is 2.78. The lowest BCUT2D eigenvalue weighted by Crippen LogP contribution is -3.05. The third-order valence-electron chi connectivity index (χ3n) is 4.70. The maximum atomic E-state index is 12.5. The zero-order valence-electron chi connectivity index (χ0n) is 16.9. The summed E-state index contributed by atoms with van der Waals surface area (Å²) in [7, 11) is 4.18. The van der Waals surface area contributed by atoms with Gasteiger partial charge >= 0.3 is 0 Å². The number of hydrogen-bond acceptors (Lipinski definition) is 4. The van der Waals surface area contributed by atoms with Crippen LogP contribution in [0.2, 0.25) is 0 Å². The summed E-state index contributed by atoms with van der Waals surface area (Å²) in [5, 5.41) is 12.5. The van der Waals surface area contributed by atoms with E-state index in [0.29, 0.717) is 5.16 Å². The number of anilines is 1. The molecule has 6 nitrogen and oxygen atoms in total. The van der Waals surface area contributed by atoms with E-state index < -0.39 is 0 Å². The Morgan fingerprint density at radius 1 is 1.21 bits per heavy atom. The molecule has 0 radical (unpaired) electrons. The molecule has 1 amide bonds. The second kappa shape index (κ2) is 9.56. The molecular formula is C21H25BrN5OS+. The monoisotopic (exact) mass is 474 g/mol. The predicted molar refractivity (Wildman–Crippen MR) is 121 cm³/mol. The van der Waals surface area contributed by atoms with Crippen molar-refractivity contribution in [1.29, 1.82) is 0 Å². The molecule has 2 N–H and O–H groups in total. The predicted octanol–water partition coefficient (Wildman–Crippen LogP) is 3.27. The van der Waals surface area contributed by atoms with Crippen LogP contribution in [-0.4, -0.2) is 40.5 Å². The first kappa shape index (κ1) is 21.5. The standard InChI is InChI=1S/C21H24BrN5OS/c1-14-12-16(10-11-18(14)22)23-19(28)13-29-21-25-24-20(15(2)26(3)4)27(21)17-8-6-5-7-9-17/h5-12,15H,13H2,1-4H3,(H,23,28)/p+1/t15-/m1/s1. The Morgan fingerprint density at radius 2 is 1.93 bits per heavy atom. The molecule has 1 heterocycles. The van der Waals surface area contributed by atoms with Crippen molar-refractivity contribution in [1.82, 2.24) is 14.8 Å². The highest BCUT2D eigenvalue weighted by molar-refractivity contribution is 9.10. The van der Waals surface area contributed by atoms with Crippen LogP contribution in [0.3, 0.4) is 0 Å². The lowest BCUT2D eigenvalue weighted by Gasteiger charge is -2.18. The number of aryl methyl sites for hydroxylation is 1. The van der Waals surface area contributed by atoms with Crippen molar-refractivity contribution in [3.8, 4) is 5.69 Å². The molecule has 0 fully saturated rings. The Morgan fingerprint density at radius 3 is 2.59 bits per heavy atom. The van der Waals surface area contributed by atoms with E-state index in [1.165, 1.54) is 16.7 Å². The summed E-state index contributed by atoms with van der Waals surface area (Å²) >= 11 is 4.86. The van der Waals surface area contributed by atoms with E-state index in [2.05, 4.69) is 52.5 Å². The van der Waals surface area contributed by atoms with E-state index in [0.717, 1.165) is 27.2 Å². The molecule has 0 saturated heterocycles. The Hall–Kier alpha value is -2.16. The van der Waals surface area contributed by atoms with E-state index in [1.54, 1.807) is 0 Å². The minimum absolute atomic E-state index is 0.0767. The Labute approximate surface area is 183 Å². The van der Waals surface area contributed by atoms with Gasteiger partial charge in [0.05, 0.1) is 19.8 Å². The van der Waals surface area contributed by atoms with Gasteiger partial charge in [-0.15, -0.1) is 10.2 Å². The van der Waals surface area contributed by atoms with Crippen molar-refractivity contribution >= 4 is 39.3 Å². The maximum absolute atomic E-state index is 12.5. The number of nitrogens with one attached hydrogen (secondary N) is 2. The molecule has 8 heteroatoms. The second-order valence-corrected chi connectivity index (χ2v) is 8.91. The van der Waals surface area contributed by atoms with Gasteiger partial charge in [-0.25, -0.2) is 0 Å². The zero-order chi connectivity index (χ0) is 21.0. The normalized spacial score (nSPS) is 12.2. The van der Waals surface area contributed by atoms with Crippen LogP contribution in [-0.2, 0) is 4.79 Å². The van der Waals surface area contributed by atoms with Gasteiger partial charge in [-0.3, -0.25) is 9.36 Å². The van der Waals surface area contributed by atoms with Gasteiger partial charge in [0.15, 0.2) is 11.0 Å². The summed E-state index contributed by atoms with van der Waals surface area (Å²) < 4.78 is 3.06. The number of aromatic nitrogens is 3. The van der Waals surface area contributed by atoms with Crippen LogP contribution in [0.25, 0.3) is 5.69 Å². The molecule has 0 saturated carbocycles. The summed E-state index contributed by atoms with van der Waals surface area (Å²) in [6.07, 6.45) is 0. The number of halogens is 1. The highest BCUT2D eigenvalue weighted by Crippen LogP contribution is 2.25. The first-order chi connectivity index (χ1) is 13.9. The van der Waals surface area contributed by atoms with Crippen molar-refractivity contribution in [2.24, 2.45) is 0 Å². The first-order valence-corrected chi connectivity index (χ1v) is 11.1. The molecule has 0 aliphatic rings. The molecule has 1 atom stereocenters. The molecular weight excluding hydrogens is 450 g/mol. The van der Waals surface area contributed by atoms with Crippen LogP contribution in [0.4, 0.5) is 5.69 Å². The van der Waals surface area contributed by atoms with E-state index in [9.17, 15) is 4.79 Å². The smallest absolute Gasteiger partial charge is 0.234 e. The Bertz CT molecular complexity index is 990. The Kier molecular flexibility index (Phi) is 7.10. The average molecular weight is 475 g/mol. The van der Waals surface area contributed by atoms with Gasteiger partial charge in [-0.1, -0.05) is 45.9 Å². The van der Waals surface area contributed by atoms with E-state index in [1.807, 2.05) is 60.0 Å². The summed E-state index contributed by atoms with van der Waals surface area (Å²) in [5.41, 5.74) is 2.85. The van der Waals surface area contributed by atoms with Crippen LogP contribution in [0.15, 0.2) is 58.2 Å². The third kappa shape index (κ3) is 5.26. The van der Waals surface area contributed by atoms with Crippen LogP contribution in [0, 0.1) is 6.92 Å². The van der Waals surface area contributed by atoms with E-state index in [-0.39, 0.29) is 17.7 Å². The highest BCUT2D eigenvalue weighted by atomic mass is 79.9. The summed E-state index contributed by atoms with van der Waals surface area (Å²) in [4.78, 5) is 13.7. The third-order valence-corrected chi connectivity index (χ3v) is 6.52. The molecule has 0 spiro atoms. The number of thioether (sulfide) groups is 1. The van der Waals surface area contributed by atoms with Gasteiger partial charge in [0.1, 0.15) is 6.04 Å². The Balaban J connectivity index is 1.78. The number of rotatable bonds is 7. The van der Waals surface area contributed by atoms with Crippen LogP contribution >= 0.6 is 27.7 Å². The number of hydrogen-bond donors (Lipinski definition) is 2. The molecule has 0 unspecified atom stereocenters. The summed E-state index contributed by atoms with van der Waals surface area (Å²) in [5.74, 6) is 1.05. The van der Waals surface area contributed by atoms with Crippen molar-refractivity contribution in [2.45, 2.75) is 25.0 Å². The van der Waals surface area contributed by atoms with Gasteiger partial charge in [-0.05, 0) is 49.7 Å². The average Bonchev–Trinajstić information content (AvgIpc) is 3.13.